The van der Waals surface area contributed by atoms with E-state index in [1.54, 1.807) is 10.7 Å². The van der Waals surface area contributed by atoms with E-state index in [1.165, 1.54) is 24.4 Å². The van der Waals surface area contributed by atoms with Crippen LogP contribution in [0.4, 0.5) is 21.5 Å². The van der Waals surface area contributed by atoms with E-state index in [-0.39, 0.29) is 22.5 Å². The Labute approximate surface area is 250 Å². The minimum Gasteiger partial charge on any atom is -0.373 e. The molecule has 12 heteroatoms. The summed E-state index contributed by atoms with van der Waals surface area (Å²) in [7, 11) is 0. The Balaban J connectivity index is 1.49. The van der Waals surface area contributed by atoms with Gasteiger partial charge in [0.15, 0.2) is 0 Å². The number of halogens is 3. The molecule has 0 spiro atoms. The van der Waals surface area contributed by atoms with Crippen molar-refractivity contribution in [2.45, 2.75) is 32.5 Å². The van der Waals surface area contributed by atoms with Crippen LogP contribution in [0.5, 0.6) is 0 Å². The van der Waals surface area contributed by atoms with Crippen LogP contribution in [-0.4, -0.2) is 25.9 Å². The van der Waals surface area contributed by atoms with Crippen molar-refractivity contribution in [3.63, 3.8) is 0 Å². The fourth-order valence-corrected chi connectivity index (χ4v) is 5.43. The van der Waals surface area contributed by atoms with E-state index in [9.17, 15) is 14.4 Å². The summed E-state index contributed by atoms with van der Waals surface area (Å²) in [5.74, 6) is -0.717. The largest absolute Gasteiger partial charge is 0.373 e. The summed E-state index contributed by atoms with van der Waals surface area (Å²) in [5.41, 5.74) is 5.03. The zero-order chi connectivity index (χ0) is 29.5. The van der Waals surface area contributed by atoms with E-state index in [0.29, 0.717) is 50.8 Å². The smallest absolute Gasteiger partial charge is 0.252 e. The Kier molecular flexibility index (Phi) is 7.14. The number of aromatic nitrogens is 4. The van der Waals surface area contributed by atoms with Gasteiger partial charge in [0.2, 0.25) is 0 Å². The van der Waals surface area contributed by atoms with Crippen LogP contribution in [0.15, 0.2) is 60.9 Å². The molecule has 2 aromatic heterocycles. The summed E-state index contributed by atoms with van der Waals surface area (Å²) >= 11 is 12.7. The highest BCUT2D eigenvalue weighted by molar-refractivity contribution is 6.36. The molecule has 1 amide bonds. The van der Waals surface area contributed by atoms with Gasteiger partial charge >= 0.3 is 0 Å². The minimum absolute atomic E-state index is 0.0611. The molecule has 1 aliphatic heterocycles. The van der Waals surface area contributed by atoms with Crippen molar-refractivity contribution in [2.24, 2.45) is 0 Å². The topological polar surface area (TPSA) is 121 Å². The molecule has 1 atom stereocenters. The van der Waals surface area contributed by atoms with Crippen molar-refractivity contribution in [2.75, 3.05) is 10.6 Å². The van der Waals surface area contributed by atoms with Crippen molar-refractivity contribution in [1.29, 1.82) is 5.26 Å². The molecular weight excluding hydrogens is 578 g/mol. The Morgan fingerprint density at radius 3 is 2.67 bits per heavy atom. The van der Waals surface area contributed by atoms with Gasteiger partial charge in [-0.05, 0) is 55.3 Å². The van der Waals surface area contributed by atoms with Crippen LogP contribution in [0.1, 0.15) is 58.7 Å². The van der Waals surface area contributed by atoms with E-state index in [0.717, 1.165) is 11.1 Å². The molecule has 3 heterocycles. The third-order valence-corrected chi connectivity index (χ3v) is 7.64. The van der Waals surface area contributed by atoms with Gasteiger partial charge in [-0.3, -0.25) is 9.78 Å². The van der Waals surface area contributed by atoms with E-state index < -0.39 is 11.9 Å². The molecule has 5 aromatic rings. The maximum Gasteiger partial charge on any atom is 0.252 e. The minimum atomic E-state index is -0.566. The van der Waals surface area contributed by atoms with Crippen molar-refractivity contribution in [3.05, 3.63) is 105 Å². The van der Waals surface area contributed by atoms with Crippen LogP contribution in [0.3, 0.4) is 0 Å². The number of amides is 1. The number of hydrogen-bond donors (Lipinski definition) is 3. The zero-order valence-electron chi connectivity index (χ0n) is 22.4. The van der Waals surface area contributed by atoms with Crippen LogP contribution >= 0.6 is 23.2 Å². The second-order valence-electron chi connectivity index (χ2n) is 10.1. The quantitative estimate of drug-likeness (QED) is 0.185. The number of carbonyl (C=O) groups excluding carboxylic acids is 1. The van der Waals surface area contributed by atoms with Gasteiger partial charge in [-0.1, -0.05) is 46.6 Å². The molecule has 0 fully saturated rings. The molecule has 3 N–H and O–H groups in total. The van der Waals surface area contributed by atoms with E-state index >= 15 is 0 Å². The molecule has 0 aliphatic carbocycles. The summed E-state index contributed by atoms with van der Waals surface area (Å²) in [6, 6.07) is 15.1. The highest BCUT2D eigenvalue weighted by Gasteiger charge is 2.29. The van der Waals surface area contributed by atoms with Crippen LogP contribution in [0, 0.1) is 17.1 Å². The molecule has 0 bridgehead atoms. The van der Waals surface area contributed by atoms with Gasteiger partial charge in [0.05, 0.1) is 39.1 Å². The van der Waals surface area contributed by atoms with Crippen molar-refractivity contribution in [3.8, 4) is 6.07 Å². The molecular formula is C30H23Cl2FN8O. The second kappa shape index (κ2) is 10.9. The first-order valence-electron chi connectivity index (χ1n) is 13.1. The molecule has 210 valence electrons. The van der Waals surface area contributed by atoms with E-state index in [1.807, 2.05) is 44.3 Å². The number of pyridine rings is 1. The molecule has 0 unspecified atom stereocenters. The highest BCUT2D eigenvalue weighted by Crippen LogP contribution is 2.38. The van der Waals surface area contributed by atoms with Crippen molar-refractivity contribution >= 4 is 57.1 Å². The lowest BCUT2D eigenvalue weighted by atomic mass is 9.95. The van der Waals surface area contributed by atoms with Gasteiger partial charge in [0, 0.05) is 41.1 Å². The Hall–Kier alpha value is -4.72. The average molecular weight is 601 g/mol. The fourth-order valence-electron chi connectivity index (χ4n) is 4.98. The third-order valence-electron chi connectivity index (χ3n) is 7.06. The lowest BCUT2D eigenvalue weighted by Gasteiger charge is -2.21. The zero-order valence-corrected chi connectivity index (χ0v) is 23.9. The monoisotopic (exact) mass is 600 g/mol. The summed E-state index contributed by atoms with van der Waals surface area (Å²) in [4.78, 5) is 17.3. The Morgan fingerprint density at radius 1 is 1.12 bits per heavy atom. The standard InChI is InChI=1S/C30H23Cl2FN8O/c1-15(2)41-14-25(39-40-41)29(20-5-3-4-16-12-36-30(42)26(16)20)38-19-8-21-27(37-18-6-7-24(33)22(31)9-18)17(11-34)13-35-28(21)23(32)10-19/h3-10,13-15,29,38H,12H2,1-2H3,(H,35,37)(H,36,42)/t29-/m0/s1. The Morgan fingerprint density at radius 2 is 1.93 bits per heavy atom. The lowest BCUT2D eigenvalue weighted by Crippen LogP contribution is -2.19. The normalized spacial score (nSPS) is 13.1. The lowest BCUT2D eigenvalue weighted by molar-refractivity contribution is 0.0965. The molecule has 3 aromatic carbocycles. The first-order valence-corrected chi connectivity index (χ1v) is 13.8. The summed E-state index contributed by atoms with van der Waals surface area (Å²) < 4.78 is 15.6. The van der Waals surface area contributed by atoms with E-state index in [4.69, 9.17) is 23.2 Å². The molecule has 0 radical (unpaired) electrons. The summed E-state index contributed by atoms with van der Waals surface area (Å²) in [6.45, 7) is 4.45. The van der Waals surface area contributed by atoms with Gasteiger partial charge in [-0.15, -0.1) is 5.10 Å². The molecule has 42 heavy (non-hydrogen) atoms. The number of nitrogens with zero attached hydrogens (tertiary/aromatic N) is 5. The van der Waals surface area contributed by atoms with Crippen molar-refractivity contribution < 1.29 is 9.18 Å². The third kappa shape index (κ3) is 4.98. The number of fused-ring (bicyclic) bond motifs is 2. The van der Waals surface area contributed by atoms with Gasteiger partial charge in [-0.2, -0.15) is 5.26 Å². The van der Waals surface area contributed by atoms with Crippen LogP contribution in [0.25, 0.3) is 10.9 Å². The number of carbonyl (C=O) groups is 1. The van der Waals surface area contributed by atoms with Gasteiger partial charge < -0.3 is 16.0 Å². The number of nitriles is 1. The van der Waals surface area contributed by atoms with Crippen LogP contribution in [-0.2, 0) is 6.54 Å². The summed E-state index contributed by atoms with van der Waals surface area (Å²) in [6.07, 6.45) is 3.27. The first-order chi connectivity index (χ1) is 20.2. The first kappa shape index (κ1) is 27.4. The SMILES string of the molecule is CC(C)n1cc([C@@H](Nc2cc(Cl)c3ncc(C#N)c(Nc4ccc(F)c(Cl)c4)c3c2)c2cccc3c2C(=O)NC3)nn1. The molecule has 1 aliphatic rings. The highest BCUT2D eigenvalue weighted by atomic mass is 35.5. The maximum atomic E-state index is 13.8. The van der Waals surface area contributed by atoms with Gasteiger partial charge in [0.1, 0.15) is 17.6 Å². The molecule has 0 saturated heterocycles. The fraction of sp³-hybridized carbons (Fsp3) is 0.167. The molecule has 6 rings (SSSR count). The van der Waals surface area contributed by atoms with Crippen LogP contribution in [0.2, 0.25) is 10.0 Å². The Bertz CT molecular complexity index is 1920. The maximum absolute atomic E-state index is 13.8. The molecule has 0 saturated carbocycles. The van der Waals surface area contributed by atoms with Crippen LogP contribution < -0.4 is 16.0 Å². The van der Waals surface area contributed by atoms with E-state index in [2.05, 4.69) is 37.3 Å². The van der Waals surface area contributed by atoms with Gasteiger partial charge in [-0.25, -0.2) is 9.07 Å². The average Bonchev–Trinajstić information content (AvgIpc) is 3.62. The second-order valence-corrected chi connectivity index (χ2v) is 10.9. The van der Waals surface area contributed by atoms with Gasteiger partial charge in [0.25, 0.3) is 5.91 Å². The van der Waals surface area contributed by atoms with Crippen molar-refractivity contribution in [1.82, 2.24) is 25.3 Å². The number of hydrogen-bond acceptors (Lipinski definition) is 7. The number of anilines is 3. The summed E-state index contributed by atoms with van der Waals surface area (Å²) in [5, 5.41) is 29.0. The molecule has 9 nitrogen and oxygen atoms in total. The predicted molar refractivity (Wildman–Crippen MR) is 160 cm³/mol. The number of nitrogens with one attached hydrogen (secondary N) is 3. The number of benzene rings is 3. The number of rotatable bonds is 7. The predicted octanol–water partition coefficient (Wildman–Crippen LogP) is 6.91.